The van der Waals surface area contributed by atoms with Crippen molar-refractivity contribution in [2.24, 2.45) is 0 Å². The predicted octanol–water partition coefficient (Wildman–Crippen LogP) is -0.0860. The van der Waals surface area contributed by atoms with Crippen LogP contribution < -0.4 is 5.32 Å². The van der Waals surface area contributed by atoms with Crippen LogP contribution in [0.5, 0.6) is 0 Å². The van der Waals surface area contributed by atoms with E-state index in [1.807, 2.05) is 0 Å². The highest BCUT2D eigenvalue weighted by Crippen LogP contribution is 2.28. The third kappa shape index (κ3) is 9.75. The summed E-state index contributed by atoms with van der Waals surface area (Å²) in [5.41, 5.74) is 0. The first-order valence-electron chi connectivity index (χ1n) is 9.75. The molecule has 0 radical (unpaired) electrons. The second-order valence-corrected chi connectivity index (χ2v) is 6.94. The normalized spacial score (nSPS) is 25.2. The summed E-state index contributed by atoms with van der Waals surface area (Å²) < 4.78 is 27.1. The van der Waals surface area contributed by atoms with E-state index in [1.54, 1.807) is 0 Å². The van der Waals surface area contributed by atoms with Crippen molar-refractivity contribution >= 4 is 29.8 Å². The number of esters is 3. The lowest BCUT2D eigenvalue weighted by molar-refractivity contribution is -0.277. The molecule has 1 fully saturated rings. The predicted molar refractivity (Wildman–Crippen MR) is 101 cm³/mol. The summed E-state index contributed by atoms with van der Waals surface area (Å²) in [6.07, 6.45) is -3.87. The number of hydrogen-bond acceptors (Lipinski definition) is 10. The number of unbranched alkanes of at least 4 members (excludes halogenated alkanes) is 1. The lowest BCUT2D eigenvalue weighted by atomic mass is 9.96. The Morgan fingerprint density at radius 2 is 1.52 bits per heavy atom. The van der Waals surface area contributed by atoms with Crippen molar-refractivity contribution in [3.8, 4) is 0 Å². The van der Waals surface area contributed by atoms with Gasteiger partial charge >= 0.3 is 23.9 Å². The number of aliphatic carboxylic acids is 1. The Kier molecular flexibility index (Phi) is 10.9. The molecule has 0 aromatic rings. The first kappa shape index (κ1) is 26.3. The van der Waals surface area contributed by atoms with Crippen LogP contribution >= 0.6 is 0 Å². The molecule has 12 nitrogen and oxygen atoms in total. The summed E-state index contributed by atoms with van der Waals surface area (Å²) in [5.74, 6) is -3.43. The van der Waals surface area contributed by atoms with Gasteiger partial charge in [0.15, 0.2) is 18.5 Å². The molecule has 1 saturated heterocycles. The molecule has 31 heavy (non-hydrogen) atoms. The Labute approximate surface area is 179 Å². The number of nitrogens with one attached hydrogen (secondary N) is 1. The van der Waals surface area contributed by atoms with Crippen LogP contribution in [0.3, 0.4) is 0 Å². The van der Waals surface area contributed by atoms with E-state index in [4.69, 9.17) is 28.8 Å². The Bertz CT molecular complexity index is 665. The maximum absolute atomic E-state index is 11.8. The SMILES string of the molecule is CC(=O)N[C@@H]1[C@@H](OCCCCC(=O)O)O[C@@H](COC(C)=O)[C@@H](OC(C)=O)[C@H]1OC(C)=O. The average molecular weight is 447 g/mol. The Morgan fingerprint density at radius 1 is 0.903 bits per heavy atom. The number of carboxylic acids is 1. The molecule has 0 spiro atoms. The molecular weight excluding hydrogens is 418 g/mol. The van der Waals surface area contributed by atoms with Crippen molar-refractivity contribution in [2.45, 2.75) is 77.6 Å². The third-order valence-corrected chi connectivity index (χ3v) is 4.14. The number of amides is 1. The standard InChI is InChI=1S/C19H29NO11/c1-10(21)20-16-18(30-13(4)24)17(29-12(3)23)14(9-28-11(2)22)31-19(16)27-8-6-5-7-15(25)26/h14,16-19H,5-9H2,1-4H3,(H,20,21)(H,25,26)/t14-,16-,17+,18-,19-/m0/s1. The molecule has 5 atom stereocenters. The van der Waals surface area contributed by atoms with Gasteiger partial charge < -0.3 is 34.1 Å². The van der Waals surface area contributed by atoms with Gasteiger partial charge in [0.05, 0.1) is 0 Å². The molecule has 1 aliphatic rings. The zero-order valence-electron chi connectivity index (χ0n) is 18.0. The van der Waals surface area contributed by atoms with Gasteiger partial charge in [-0.1, -0.05) is 0 Å². The number of hydrogen-bond donors (Lipinski definition) is 2. The zero-order chi connectivity index (χ0) is 23.6. The van der Waals surface area contributed by atoms with Gasteiger partial charge in [-0.05, 0) is 12.8 Å². The van der Waals surface area contributed by atoms with Gasteiger partial charge in [0.1, 0.15) is 18.8 Å². The largest absolute Gasteiger partial charge is 0.481 e. The Morgan fingerprint density at radius 3 is 2.03 bits per heavy atom. The van der Waals surface area contributed by atoms with E-state index in [0.29, 0.717) is 12.8 Å². The van der Waals surface area contributed by atoms with Gasteiger partial charge in [-0.25, -0.2) is 0 Å². The van der Waals surface area contributed by atoms with Crippen LogP contribution in [0.1, 0.15) is 47.0 Å². The minimum absolute atomic E-state index is 0.0380. The van der Waals surface area contributed by atoms with E-state index in [1.165, 1.54) is 13.8 Å². The van der Waals surface area contributed by atoms with Crippen LogP contribution in [0.25, 0.3) is 0 Å². The van der Waals surface area contributed by atoms with Gasteiger partial charge in [0, 0.05) is 40.7 Å². The van der Waals surface area contributed by atoms with Crippen molar-refractivity contribution in [2.75, 3.05) is 13.2 Å². The molecule has 2 N–H and O–H groups in total. The van der Waals surface area contributed by atoms with Crippen molar-refractivity contribution in [1.82, 2.24) is 5.32 Å². The Hall–Kier alpha value is -2.73. The van der Waals surface area contributed by atoms with E-state index < -0.39 is 60.4 Å². The van der Waals surface area contributed by atoms with E-state index in [-0.39, 0.29) is 19.6 Å². The maximum atomic E-state index is 11.8. The molecule has 1 amide bonds. The minimum Gasteiger partial charge on any atom is -0.481 e. The highest BCUT2D eigenvalue weighted by Gasteiger charge is 2.51. The maximum Gasteiger partial charge on any atom is 0.303 e. The molecule has 0 aromatic carbocycles. The summed E-state index contributed by atoms with van der Waals surface area (Å²) in [7, 11) is 0. The van der Waals surface area contributed by atoms with E-state index in [0.717, 1.165) is 13.8 Å². The van der Waals surface area contributed by atoms with Crippen molar-refractivity contribution in [1.29, 1.82) is 0 Å². The Balaban J connectivity index is 3.11. The van der Waals surface area contributed by atoms with E-state index in [9.17, 15) is 24.0 Å². The fourth-order valence-corrected chi connectivity index (χ4v) is 3.01. The van der Waals surface area contributed by atoms with E-state index >= 15 is 0 Å². The molecule has 1 rings (SSSR count). The monoisotopic (exact) mass is 447 g/mol. The highest BCUT2D eigenvalue weighted by molar-refractivity contribution is 5.73. The van der Waals surface area contributed by atoms with Gasteiger partial charge in [0.25, 0.3) is 0 Å². The molecular formula is C19H29NO11. The second-order valence-electron chi connectivity index (χ2n) is 6.94. The van der Waals surface area contributed by atoms with Crippen LogP contribution in [0.15, 0.2) is 0 Å². The summed E-state index contributed by atoms with van der Waals surface area (Å²) in [5, 5.41) is 11.3. The van der Waals surface area contributed by atoms with Crippen LogP contribution in [0, 0.1) is 0 Å². The summed E-state index contributed by atoms with van der Waals surface area (Å²) in [6, 6.07) is -1.04. The van der Waals surface area contributed by atoms with Gasteiger partial charge in [-0.3, -0.25) is 24.0 Å². The van der Waals surface area contributed by atoms with Gasteiger partial charge in [0.2, 0.25) is 5.91 Å². The zero-order valence-corrected chi connectivity index (χ0v) is 18.0. The quantitative estimate of drug-likeness (QED) is 0.247. The van der Waals surface area contributed by atoms with Crippen molar-refractivity contribution in [3.05, 3.63) is 0 Å². The van der Waals surface area contributed by atoms with Crippen LogP contribution in [-0.2, 0) is 47.7 Å². The molecule has 0 bridgehead atoms. The fourth-order valence-electron chi connectivity index (χ4n) is 3.01. The van der Waals surface area contributed by atoms with Crippen LogP contribution in [-0.4, -0.2) is 78.7 Å². The topological polar surface area (TPSA) is 164 Å². The van der Waals surface area contributed by atoms with Gasteiger partial charge in [-0.2, -0.15) is 0 Å². The molecule has 176 valence electrons. The van der Waals surface area contributed by atoms with Crippen LogP contribution in [0.2, 0.25) is 0 Å². The van der Waals surface area contributed by atoms with Crippen LogP contribution in [0.4, 0.5) is 0 Å². The molecule has 0 unspecified atom stereocenters. The molecule has 0 saturated carbocycles. The number of carbonyl (C=O) groups excluding carboxylic acids is 4. The summed E-state index contributed by atoms with van der Waals surface area (Å²) >= 11 is 0. The molecule has 12 heteroatoms. The summed E-state index contributed by atoms with van der Waals surface area (Å²) in [6.45, 7) is 4.47. The average Bonchev–Trinajstić information content (AvgIpc) is 2.62. The summed E-state index contributed by atoms with van der Waals surface area (Å²) in [4.78, 5) is 57.0. The molecule has 0 aliphatic carbocycles. The molecule has 0 aromatic heterocycles. The van der Waals surface area contributed by atoms with Crippen molar-refractivity contribution in [3.63, 3.8) is 0 Å². The first-order chi connectivity index (χ1) is 14.5. The second kappa shape index (κ2) is 12.8. The van der Waals surface area contributed by atoms with Crippen molar-refractivity contribution < 1.29 is 52.8 Å². The van der Waals surface area contributed by atoms with E-state index in [2.05, 4.69) is 5.32 Å². The smallest absolute Gasteiger partial charge is 0.303 e. The lowest BCUT2D eigenvalue weighted by Crippen LogP contribution is -2.66. The number of carboxylic acid groups (broad SMARTS) is 1. The first-order valence-corrected chi connectivity index (χ1v) is 9.75. The molecule has 1 aliphatic heterocycles. The van der Waals surface area contributed by atoms with Gasteiger partial charge in [-0.15, -0.1) is 0 Å². The fraction of sp³-hybridized carbons (Fsp3) is 0.737. The molecule has 1 heterocycles. The minimum atomic E-state index is -1.19. The third-order valence-electron chi connectivity index (χ3n) is 4.14. The lowest BCUT2D eigenvalue weighted by Gasteiger charge is -2.44. The number of ether oxygens (including phenoxy) is 5. The number of rotatable bonds is 11. The number of carbonyl (C=O) groups is 5. The highest BCUT2D eigenvalue weighted by atomic mass is 16.7.